The first kappa shape index (κ1) is 11.6. The summed E-state index contributed by atoms with van der Waals surface area (Å²) in [6, 6.07) is 0. The third-order valence-electron chi connectivity index (χ3n) is 2.35. The molecular formula is C10H17N3O2. The van der Waals surface area contributed by atoms with Gasteiger partial charge < -0.3 is 10.5 Å². The molecule has 1 rings (SSSR count). The number of carbonyl (C=O) groups is 1. The molecule has 5 heteroatoms. The molecule has 0 saturated carbocycles. The number of rotatable bonds is 3. The molecule has 0 spiro atoms. The van der Waals surface area contributed by atoms with Crippen molar-refractivity contribution in [3.8, 4) is 0 Å². The Morgan fingerprint density at radius 3 is 2.67 bits per heavy atom. The van der Waals surface area contributed by atoms with E-state index in [1.54, 1.807) is 14.0 Å². The minimum atomic E-state index is -0.412. The van der Waals surface area contributed by atoms with E-state index in [0.717, 1.165) is 6.42 Å². The van der Waals surface area contributed by atoms with Crippen molar-refractivity contribution in [3.63, 3.8) is 0 Å². The first-order chi connectivity index (χ1) is 6.97. The van der Waals surface area contributed by atoms with Gasteiger partial charge in [-0.3, -0.25) is 4.68 Å². The molecule has 5 nitrogen and oxygen atoms in total. The molecule has 1 aromatic rings. The fraction of sp³-hybridized carbons (Fsp3) is 0.600. The highest BCUT2D eigenvalue weighted by Gasteiger charge is 2.20. The SMILES string of the molecule is CCC(C)OC(=O)c1c(N)c(C)nn1C. The van der Waals surface area contributed by atoms with E-state index in [4.69, 9.17) is 10.5 Å². The Hall–Kier alpha value is -1.52. The number of ether oxygens (including phenoxy) is 1. The van der Waals surface area contributed by atoms with Gasteiger partial charge in [-0.2, -0.15) is 5.10 Å². The van der Waals surface area contributed by atoms with E-state index in [0.29, 0.717) is 17.1 Å². The predicted molar refractivity (Wildman–Crippen MR) is 57.5 cm³/mol. The van der Waals surface area contributed by atoms with Crippen molar-refractivity contribution >= 4 is 11.7 Å². The van der Waals surface area contributed by atoms with Gasteiger partial charge in [0, 0.05) is 7.05 Å². The van der Waals surface area contributed by atoms with Crippen LogP contribution in [0.25, 0.3) is 0 Å². The zero-order valence-electron chi connectivity index (χ0n) is 9.57. The Morgan fingerprint density at radius 1 is 1.67 bits per heavy atom. The summed E-state index contributed by atoms with van der Waals surface area (Å²) in [5.41, 5.74) is 7.11. The molecule has 1 aromatic heterocycles. The molecule has 0 amide bonds. The van der Waals surface area contributed by atoms with Crippen molar-refractivity contribution in [3.05, 3.63) is 11.4 Å². The van der Waals surface area contributed by atoms with Gasteiger partial charge in [-0.05, 0) is 20.3 Å². The summed E-state index contributed by atoms with van der Waals surface area (Å²) in [5, 5.41) is 4.06. The summed E-state index contributed by atoms with van der Waals surface area (Å²) in [4.78, 5) is 11.7. The van der Waals surface area contributed by atoms with Gasteiger partial charge in [0.05, 0.1) is 17.5 Å². The van der Waals surface area contributed by atoms with E-state index < -0.39 is 5.97 Å². The number of hydrogen-bond acceptors (Lipinski definition) is 4. The first-order valence-corrected chi connectivity index (χ1v) is 4.97. The number of esters is 1. The maximum Gasteiger partial charge on any atom is 0.359 e. The lowest BCUT2D eigenvalue weighted by Crippen LogP contribution is -2.18. The molecule has 2 N–H and O–H groups in total. The number of aromatic nitrogens is 2. The van der Waals surface area contributed by atoms with Crippen molar-refractivity contribution in [2.45, 2.75) is 33.3 Å². The predicted octanol–water partition coefficient (Wildman–Crippen LogP) is 1.27. The quantitative estimate of drug-likeness (QED) is 0.764. The number of hydrogen-bond donors (Lipinski definition) is 1. The van der Waals surface area contributed by atoms with Crippen LogP contribution in [0.2, 0.25) is 0 Å². The minimum absolute atomic E-state index is 0.105. The smallest absolute Gasteiger partial charge is 0.359 e. The van der Waals surface area contributed by atoms with Gasteiger partial charge in [0.2, 0.25) is 0 Å². The number of nitrogen functional groups attached to an aromatic ring is 1. The molecule has 0 aliphatic carbocycles. The van der Waals surface area contributed by atoms with E-state index >= 15 is 0 Å². The second-order valence-electron chi connectivity index (χ2n) is 3.60. The topological polar surface area (TPSA) is 70.1 Å². The second-order valence-corrected chi connectivity index (χ2v) is 3.60. The normalized spacial score (nSPS) is 12.5. The van der Waals surface area contributed by atoms with Crippen LogP contribution in [0.15, 0.2) is 0 Å². The average molecular weight is 211 g/mol. The summed E-state index contributed by atoms with van der Waals surface area (Å²) in [6.45, 7) is 5.56. The van der Waals surface area contributed by atoms with E-state index in [1.165, 1.54) is 4.68 Å². The van der Waals surface area contributed by atoms with Crippen LogP contribution in [0, 0.1) is 6.92 Å². The lowest BCUT2D eigenvalue weighted by Gasteiger charge is -2.10. The fourth-order valence-electron chi connectivity index (χ4n) is 1.24. The van der Waals surface area contributed by atoms with Crippen molar-refractivity contribution < 1.29 is 9.53 Å². The highest BCUT2D eigenvalue weighted by Crippen LogP contribution is 2.17. The monoisotopic (exact) mass is 211 g/mol. The van der Waals surface area contributed by atoms with Crippen LogP contribution in [0.5, 0.6) is 0 Å². The summed E-state index contributed by atoms with van der Waals surface area (Å²) in [6.07, 6.45) is 0.676. The van der Waals surface area contributed by atoms with E-state index in [-0.39, 0.29) is 6.10 Å². The van der Waals surface area contributed by atoms with Crippen LogP contribution < -0.4 is 5.73 Å². The average Bonchev–Trinajstić information content (AvgIpc) is 2.41. The molecule has 0 aromatic carbocycles. The lowest BCUT2D eigenvalue weighted by atomic mass is 10.3. The Morgan fingerprint density at radius 2 is 2.27 bits per heavy atom. The molecule has 1 heterocycles. The molecule has 15 heavy (non-hydrogen) atoms. The second kappa shape index (κ2) is 4.33. The van der Waals surface area contributed by atoms with Gasteiger partial charge in [-0.15, -0.1) is 0 Å². The first-order valence-electron chi connectivity index (χ1n) is 4.97. The number of nitrogens with zero attached hydrogens (tertiary/aromatic N) is 2. The Balaban J connectivity index is 2.91. The Labute approximate surface area is 89.2 Å². The van der Waals surface area contributed by atoms with Gasteiger partial charge in [0.25, 0.3) is 0 Å². The van der Waals surface area contributed by atoms with Crippen LogP contribution in [-0.4, -0.2) is 21.9 Å². The zero-order chi connectivity index (χ0) is 11.6. The standard InChI is InChI=1S/C10H17N3O2/c1-5-6(2)15-10(14)9-8(11)7(3)12-13(9)4/h6H,5,11H2,1-4H3. The van der Waals surface area contributed by atoms with Crippen LogP contribution in [0.3, 0.4) is 0 Å². The van der Waals surface area contributed by atoms with Gasteiger partial charge in [-0.25, -0.2) is 4.79 Å². The molecule has 0 saturated heterocycles. The lowest BCUT2D eigenvalue weighted by molar-refractivity contribution is 0.0323. The van der Waals surface area contributed by atoms with Gasteiger partial charge in [0.1, 0.15) is 0 Å². The molecular weight excluding hydrogens is 194 g/mol. The van der Waals surface area contributed by atoms with Gasteiger partial charge in [0.15, 0.2) is 5.69 Å². The largest absolute Gasteiger partial charge is 0.458 e. The minimum Gasteiger partial charge on any atom is -0.458 e. The van der Waals surface area contributed by atoms with Crippen LogP contribution in [0.1, 0.15) is 36.5 Å². The summed E-state index contributed by atoms with van der Waals surface area (Å²) in [7, 11) is 1.68. The number of carbonyl (C=O) groups excluding carboxylic acids is 1. The highest BCUT2D eigenvalue weighted by atomic mass is 16.5. The van der Waals surface area contributed by atoms with E-state index in [1.807, 2.05) is 13.8 Å². The number of nitrogens with two attached hydrogens (primary N) is 1. The third-order valence-corrected chi connectivity index (χ3v) is 2.35. The van der Waals surface area contributed by atoms with Crippen molar-refractivity contribution in [2.24, 2.45) is 7.05 Å². The summed E-state index contributed by atoms with van der Waals surface area (Å²) < 4.78 is 6.63. The van der Waals surface area contributed by atoms with E-state index in [2.05, 4.69) is 5.10 Å². The molecule has 0 fully saturated rings. The molecule has 0 aliphatic rings. The fourth-order valence-corrected chi connectivity index (χ4v) is 1.24. The van der Waals surface area contributed by atoms with Gasteiger partial charge in [-0.1, -0.05) is 6.92 Å². The summed E-state index contributed by atoms with van der Waals surface area (Å²) in [5.74, 6) is -0.412. The van der Waals surface area contributed by atoms with Crippen molar-refractivity contribution in [1.29, 1.82) is 0 Å². The molecule has 0 bridgehead atoms. The van der Waals surface area contributed by atoms with E-state index in [9.17, 15) is 4.79 Å². The molecule has 0 radical (unpaired) electrons. The molecule has 1 unspecified atom stereocenters. The molecule has 1 atom stereocenters. The van der Waals surface area contributed by atoms with Crippen LogP contribution >= 0.6 is 0 Å². The van der Waals surface area contributed by atoms with Crippen LogP contribution in [-0.2, 0) is 11.8 Å². The Bertz CT molecular complexity index is 371. The van der Waals surface area contributed by atoms with Crippen molar-refractivity contribution in [2.75, 3.05) is 5.73 Å². The van der Waals surface area contributed by atoms with Crippen molar-refractivity contribution in [1.82, 2.24) is 9.78 Å². The zero-order valence-corrected chi connectivity index (χ0v) is 9.57. The molecule has 0 aliphatic heterocycles. The molecule has 84 valence electrons. The maximum atomic E-state index is 11.7. The van der Waals surface area contributed by atoms with Gasteiger partial charge >= 0.3 is 5.97 Å². The maximum absolute atomic E-state index is 11.7. The Kier molecular flexibility index (Phi) is 3.34. The van der Waals surface area contributed by atoms with Crippen LogP contribution in [0.4, 0.5) is 5.69 Å². The third kappa shape index (κ3) is 2.29. The highest BCUT2D eigenvalue weighted by molar-refractivity contribution is 5.93. The summed E-state index contributed by atoms with van der Waals surface area (Å²) >= 11 is 0. The number of anilines is 1. The number of aryl methyl sites for hydroxylation is 2.